The minimum atomic E-state index is -3.83. The molecule has 0 amide bonds. The van der Waals surface area contributed by atoms with Gasteiger partial charge in [-0.05, 0) is 41.4 Å². The van der Waals surface area contributed by atoms with Gasteiger partial charge in [-0.2, -0.15) is 4.31 Å². The van der Waals surface area contributed by atoms with Crippen molar-refractivity contribution >= 4 is 31.9 Å². The average Bonchev–Trinajstić information content (AvgIpc) is 2.35. The van der Waals surface area contributed by atoms with Crippen LogP contribution in [-0.4, -0.2) is 36.4 Å². The standard InChI is InChI=1S/C12H16BrNO4S/c1-3-9(2)14(8-12(15)16)19(17,18)11-7-5-4-6-10(11)13/h4-7,9H,3,8H2,1-2H3,(H,15,16). The summed E-state index contributed by atoms with van der Waals surface area (Å²) in [7, 11) is -3.83. The summed E-state index contributed by atoms with van der Waals surface area (Å²) in [6.07, 6.45) is 0.539. The predicted octanol–water partition coefficient (Wildman–Crippen LogP) is 2.32. The Morgan fingerprint density at radius 1 is 1.42 bits per heavy atom. The fourth-order valence-corrected chi connectivity index (χ4v) is 4.21. The summed E-state index contributed by atoms with van der Waals surface area (Å²) in [4.78, 5) is 11.0. The second-order valence-corrected chi connectivity index (χ2v) is 6.85. The molecule has 0 aromatic heterocycles. The van der Waals surface area contributed by atoms with Crippen LogP contribution in [0, 0.1) is 0 Å². The molecule has 1 aromatic carbocycles. The first-order chi connectivity index (χ1) is 8.80. The number of carboxylic acid groups (broad SMARTS) is 1. The molecule has 106 valence electrons. The van der Waals surface area contributed by atoms with Crippen LogP contribution in [0.2, 0.25) is 0 Å². The Labute approximate surface area is 121 Å². The van der Waals surface area contributed by atoms with E-state index in [4.69, 9.17) is 5.11 Å². The van der Waals surface area contributed by atoms with Crippen molar-refractivity contribution in [2.75, 3.05) is 6.54 Å². The lowest BCUT2D eigenvalue weighted by molar-refractivity contribution is -0.137. The Bertz CT molecular complexity index is 559. The predicted molar refractivity (Wildman–Crippen MR) is 75.4 cm³/mol. The molecule has 7 heteroatoms. The molecule has 0 aliphatic rings. The van der Waals surface area contributed by atoms with Crippen molar-refractivity contribution in [1.82, 2.24) is 4.31 Å². The average molecular weight is 350 g/mol. The molecule has 0 bridgehead atoms. The molecule has 5 nitrogen and oxygen atoms in total. The van der Waals surface area contributed by atoms with Crippen LogP contribution >= 0.6 is 15.9 Å². The van der Waals surface area contributed by atoms with Gasteiger partial charge in [0.2, 0.25) is 10.0 Å². The third-order valence-corrected chi connectivity index (χ3v) is 5.77. The van der Waals surface area contributed by atoms with E-state index in [1.807, 2.05) is 6.92 Å². The van der Waals surface area contributed by atoms with Gasteiger partial charge in [-0.15, -0.1) is 0 Å². The highest BCUT2D eigenvalue weighted by Gasteiger charge is 2.31. The Hall–Kier alpha value is -0.920. The summed E-state index contributed by atoms with van der Waals surface area (Å²) in [5.74, 6) is -1.17. The number of hydrogen-bond acceptors (Lipinski definition) is 3. The SMILES string of the molecule is CCC(C)N(CC(=O)O)S(=O)(=O)c1ccccc1Br. The maximum absolute atomic E-state index is 12.5. The highest BCUT2D eigenvalue weighted by molar-refractivity contribution is 9.10. The van der Waals surface area contributed by atoms with Crippen molar-refractivity contribution in [2.24, 2.45) is 0 Å². The number of carbonyl (C=O) groups is 1. The van der Waals surface area contributed by atoms with E-state index in [9.17, 15) is 13.2 Å². The lowest BCUT2D eigenvalue weighted by Crippen LogP contribution is -2.41. The van der Waals surface area contributed by atoms with E-state index in [2.05, 4.69) is 15.9 Å². The van der Waals surface area contributed by atoms with E-state index in [0.717, 1.165) is 4.31 Å². The van der Waals surface area contributed by atoms with Crippen molar-refractivity contribution in [1.29, 1.82) is 0 Å². The Morgan fingerprint density at radius 3 is 2.47 bits per heavy atom. The van der Waals surface area contributed by atoms with E-state index in [0.29, 0.717) is 10.9 Å². The zero-order valence-corrected chi connectivity index (χ0v) is 13.1. The van der Waals surface area contributed by atoms with Gasteiger partial charge in [0.15, 0.2) is 0 Å². The molecular formula is C12H16BrNO4S. The van der Waals surface area contributed by atoms with Crippen molar-refractivity contribution in [2.45, 2.75) is 31.2 Å². The first-order valence-electron chi connectivity index (χ1n) is 5.78. The first kappa shape index (κ1) is 16.1. The van der Waals surface area contributed by atoms with E-state index >= 15 is 0 Å². The second kappa shape index (κ2) is 6.49. The van der Waals surface area contributed by atoms with Crippen LogP contribution in [0.4, 0.5) is 0 Å². The highest BCUT2D eigenvalue weighted by Crippen LogP contribution is 2.26. The summed E-state index contributed by atoms with van der Waals surface area (Å²) in [5, 5.41) is 8.89. The van der Waals surface area contributed by atoms with Crippen LogP contribution in [0.5, 0.6) is 0 Å². The molecular weight excluding hydrogens is 334 g/mol. The number of carboxylic acids is 1. The summed E-state index contributed by atoms with van der Waals surface area (Å²) < 4.78 is 26.5. The Morgan fingerprint density at radius 2 is 2.00 bits per heavy atom. The fraction of sp³-hybridized carbons (Fsp3) is 0.417. The summed E-state index contributed by atoms with van der Waals surface area (Å²) in [5.41, 5.74) is 0. The zero-order chi connectivity index (χ0) is 14.6. The molecule has 0 spiro atoms. The lowest BCUT2D eigenvalue weighted by Gasteiger charge is -2.26. The number of hydrogen-bond donors (Lipinski definition) is 1. The molecule has 1 aromatic rings. The van der Waals surface area contributed by atoms with Gasteiger partial charge in [-0.1, -0.05) is 19.1 Å². The molecule has 0 heterocycles. The third-order valence-electron chi connectivity index (χ3n) is 2.80. The first-order valence-corrected chi connectivity index (χ1v) is 8.02. The van der Waals surface area contributed by atoms with Crippen LogP contribution in [0.3, 0.4) is 0 Å². The Kier molecular flexibility index (Phi) is 5.51. The highest BCUT2D eigenvalue weighted by atomic mass is 79.9. The van der Waals surface area contributed by atoms with Crippen molar-refractivity contribution in [3.63, 3.8) is 0 Å². The number of nitrogens with zero attached hydrogens (tertiary/aromatic N) is 1. The quantitative estimate of drug-likeness (QED) is 0.855. The van der Waals surface area contributed by atoms with Crippen LogP contribution in [0.1, 0.15) is 20.3 Å². The number of halogens is 1. The van der Waals surface area contributed by atoms with Crippen LogP contribution in [0.25, 0.3) is 0 Å². The normalized spacial score (nSPS) is 13.5. The molecule has 0 aliphatic heterocycles. The largest absolute Gasteiger partial charge is 0.480 e. The van der Waals surface area contributed by atoms with Crippen LogP contribution < -0.4 is 0 Å². The molecule has 1 atom stereocenters. The molecule has 0 radical (unpaired) electrons. The van der Waals surface area contributed by atoms with Gasteiger partial charge in [0, 0.05) is 10.5 Å². The molecule has 1 N–H and O–H groups in total. The van der Waals surface area contributed by atoms with E-state index in [-0.39, 0.29) is 10.9 Å². The van der Waals surface area contributed by atoms with Crippen molar-refractivity contribution in [3.05, 3.63) is 28.7 Å². The molecule has 0 fully saturated rings. The minimum absolute atomic E-state index is 0.0801. The number of aliphatic carboxylic acids is 1. The molecule has 1 unspecified atom stereocenters. The molecule has 19 heavy (non-hydrogen) atoms. The lowest BCUT2D eigenvalue weighted by atomic mass is 10.2. The second-order valence-electron chi connectivity index (χ2n) is 4.13. The summed E-state index contributed by atoms with van der Waals surface area (Å²) >= 11 is 3.18. The zero-order valence-electron chi connectivity index (χ0n) is 10.7. The molecule has 0 saturated carbocycles. The van der Waals surface area contributed by atoms with E-state index in [1.165, 1.54) is 6.07 Å². The summed E-state index contributed by atoms with van der Waals surface area (Å²) in [6.45, 7) is 2.96. The third kappa shape index (κ3) is 3.77. The van der Waals surface area contributed by atoms with Gasteiger partial charge in [-0.3, -0.25) is 4.79 Å². The topological polar surface area (TPSA) is 74.7 Å². The van der Waals surface area contributed by atoms with Gasteiger partial charge < -0.3 is 5.11 Å². The monoisotopic (exact) mass is 349 g/mol. The van der Waals surface area contributed by atoms with Crippen molar-refractivity contribution < 1.29 is 18.3 Å². The van der Waals surface area contributed by atoms with E-state index < -0.39 is 22.5 Å². The van der Waals surface area contributed by atoms with Gasteiger partial charge in [-0.25, -0.2) is 8.42 Å². The van der Waals surface area contributed by atoms with Crippen LogP contribution in [0.15, 0.2) is 33.6 Å². The van der Waals surface area contributed by atoms with Gasteiger partial charge in [0.05, 0.1) is 4.90 Å². The van der Waals surface area contributed by atoms with Crippen LogP contribution in [-0.2, 0) is 14.8 Å². The van der Waals surface area contributed by atoms with Gasteiger partial charge in [0.1, 0.15) is 6.54 Å². The molecule has 1 rings (SSSR count). The summed E-state index contributed by atoms with van der Waals surface area (Å²) in [6, 6.07) is 5.99. The van der Waals surface area contributed by atoms with E-state index in [1.54, 1.807) is 25.1 Å². The smallest absolute Gasteiger partial charge is 0.318 e. The van der Waals surface area contributed by atoms with Gasteiger partial charge in [0.25, 0.3) is 0 Å². The Balaban J connectivity index is 3.27. The number of sulfonamides is 1. The fourth-order valence-electron chi connectivity index (χ4n) is 1.59. The minimum Gasteiger partial charge on any atom is -0.480 e. The number of rotatable bonds is 6. The molecule has 0 aliphatic carbocycles. The maximum atomic E-state index is 12.5. The number of benzene rings is 1. The van der Waals surface area contributed by atoms with Crippen molar-refractivity contribution in [3.8, 4) is 0 Å². The van der Waals surface area contributed by atoms with Gasteiger partial charge >= 0.3 is 5.97 Å². The molecule has 0 saturated heterocycles. The maximum Gasteiger partial charge on any atom is 0.318 e.